The van der Waals surface area contributed by atoms with Gasteiger partial charge in [-0.3, -0.25) is 4.79 Å². The average Bonchev–Trinajstić information content (AvgIpc) is 2.48. The number of amides is 1. The summed E-state index contributed by atoms with van der Waals surface area (Å²) in [5.74, 6) is 1.09. The first-order valence-electron chi connectivity index (χ1n) is 7.62. The number of hydrogen-bond donors (Lipinski definition) is 2. The average molecular weight is 297 g/mol. The van der Waals surface area contributed by atoms with Crippen LogP contribution in [0.3, 0.4) is 0 Å². The van der Waals surface area contributed by atoms with Gasteiger partial charge in [0.15, 0.2) is 0 Å². The molecule has 2 N–H and O–H groups in total. The highest BCUT2D eigenvalue weighted by atomic mass is 16.1. The van der Waals surface area contributed by atoms with E-state index in [1.54, 1.807) is 12.3 Å². The van der Waals surface area contributed by atoms with Crippen molar-refractivity contribution in [3.8, 4) is 0 Å². The largest absolute Gasteiger partial charge is 0.384 e. The molecule has 116 valence electrons. The summed E-state index contributed by atoms with van der Waals surface area (Å²) in [7, 11) is 0. The van der Waals surface area contributed by atoms with Crippen LogP contribution in [0.15, 0.2) is 42.6 Å². The van der Waals surface area contributed by atoms with Crippen LogP contribution in [0.1, 0.15) is 36.2 Å². The minimum absolute atomic E-state index is 0.142. The zero-order valence-corrected chi connectivity index (χ0v) is 13.4. The second-order valence-electron chi connectivity index (χ2n) is 5.87. The van der Waals surface area contributed by atoms with Crippen molar-refractivity contribution in [3.05, 3.63) is 53.7 Å². The highest BCUT2D eigenvalue weighted by Crippen LogP contribution is 2.12. The molecule has 0 unspecified atom stereocenters. The van der Waals surface area contributed by atoms with Crippen LogP contribution in [0.2, 0.25) is 0 Å². The first-order valence-corrected chi connectivity index (χ1v) is 7.62. The molecule has 4 heteroatoms. The lowest BCUT2D eigenvalue weighted by Gasteiger charge is -2.09. The van der Waals surface area contributed by atoms with Crippen LogP contribution in [0.25, 0.3) is 0 Å². The Morgan fingerprint density at radius 1 is 1.23 bits per heavy atom. The Morgan fingerprint density at radius 3 is 2.68 bits per heavy atom. The fraction of sp³-hybridized carbons (Fsp3) is 0.333. The van der Waals surface area contributed by atoms with Gasteiger partial charge in [0, 0.05) is 12.1 Å². The summed E-state index contributed by atoms with van der Waals surface area (Å²) in [5.41, 5.74) is 2.67. The molecular formula is C18H23N3O. The summed E-state index contributed by atoms with van der Waals surface area (Å²) >= 11 is 0. The molecule has 0 bridgehead atoms. The Balaban J connectivity index is 1.92. The predicted molar refractivity (Wildman–Crippen MR) is 91.3 cm³/mol. The number of anilines is 2. The maximum absolute atomic E-state index is 12.1. The van der Waals surface area contributed by atoms with Gasteiger partial charge in [0.1, 0.15) is 5.82 Å². The van der Waals surface area contributed by atoms with Gasteiger partial charge in [0.05, 0.1) is 11.9 Å². The van der Waals surface area contributed by atoms with Gasteiger partial charge in [-0.25, -0.2) is 4.98 Å². The number of rotatable bonds is 6. The molecule has 1 aromatic carbocycles. The Labute approximate surface area is 132 Å². The summed E-state index contributed by atoms with van der Waals surface area (Å²) in [6, 6.07) is 11.2. The third kappa shape index (κ3) is 4.88. The van der Waals surface area contributed by atoms with Crippen molar-refractivity contribution in [2.75, 3.05) is 17.2 Å². The van der Waals surface area contributed by atoms with Gasteiger partial charge in [-0.1, -0.05) is 31.5 Å². The van der Waals surface area contributed by atoms with Gasteiger partial charge in [0.2, 0.25) is 0 Å². The number of aryl methyl sites for hydroxylation is 1. The molecule has 1 heterocycles. The SMILES string of the molecule is Cc1cccc(C(=O)Nc2ccc(NCCC(C)C)cn2)c1. The number of nitrogens with zero attached hydrogens (tertiary/aromatic N) is 1. The van der Waals surface area contributed by atoms with Crippen LogP contribution in [-0.2, 0) is 0 Å². The minimum Gasteiger partial charge on any atom is -0.384 e. The van der Waals surface area contributed by atoms with E-state index in [0.717, 1.165) is 24.2 Å². The number of carbonyl (C=O) groups is 1. The summed E-state index contributed by atoms with van der Waals surface area (Å²) in [4.78, 5) is 16.4. The van der Waals surface area contributed by atoms with E-state index in [1.807, 2.05) is 37.3 Å². The molecule has 1 aromatic heterocycles. The van der Waals surface area contributed by atoms with Crippen LogP contribution >= 0.6 is 0 Å². The van der Waals surface area contributed by atoms with Crippen molar-refractivity contribution in [1.82, 2.24) is 4.98 Å². The lowest BCUT2D eigenvalue weighted by molar-refractivity contribution is 0.102. The molecule has 22 heavy (non-hydrogen) atoms. The standard InChI is InChI=1S/C18H23N3O/c1-13(2)9-10-19-16-7-8-17(20-12-16)21-18(22)15-6-4-5-14(3)11-15/h4-8,11-13,19H,9-10H2,1-3H3,(H,20,21,22). The van der Waals surface area contributed by atoms with E-state index >= 15 is 0 Å². The molecule has 0 saturated carbocycles. The fourth-order valence-electron chi connectivity index (χ4n) is 2.05. The van der Waals surface area contributed by atoms with E-state index in [1.165, 1.54) is 0 Å². The van der Waals surface area contributed by atoms with E-state index in [9.17, 15) is 4.79 Å². The molecule has 2 rings (SSSR count). The molecule has 2 aromatic rings. The molecule has 0 atom stereocenters. The van der Waals surface area contributed by atoms with Crippen molar-refractivity contribution in [2.45, 2.75) is 27.2 Å². The molecule has 0 aliphatic rings. The highest BCUT2D eigenvalue weighted by Gasteiger charge is 2.06. The second kappa shape index (κ2) is 7.59. The first kappa shape index (κ1) is 16.0. The Kier molecular flexibility index (Phi) is 5.53. The van der Waals surface area contributed by atoms with Crippen molar-refractivity contribution < 1.29 is 4.79 Å². The van der Waals surface area contributed by atoms with Crippen molar-refractivity contribution in [1.29, 1.82) is 0 Å². The van der Waals surface area contributed by atoms with Gasteiger partial charge in [-0.15, -0.1) is 0 Å². The van der Waals surface area contributed by atoms with Gasteiger partial charge in [-0.05, 0) is 43.5 Å². The zero-order chi connectivity index (χ0) is 15.9. The summed E-state index contributed by atoms with van der Waals surface area (Å²) in [6.07, 6.45) is 2.86. The molecule has 0 aliphatic carbocycles. The number of aromatic nitrogens is 1. The van der Waals surface area contributed by atoms with Gasteiger partial charge in [0.25, 0.3) is 5.91 Å². The van der Waals surface area contributed by atoms with Gasteiger partial charge >= 0.3 is 0 Å². The minimum atomic E-state index is -0.142. The topological polar surface area (TPSA) is 54.0 Å². The number of nitrogens with one attached hydrogen (secondary N) is 2. The Hall–Kier alpha value is -2.36. The molecule has 0 spiro atoms. The van der Waals surface area contributed by atoms with Crippen LogP contribution in [-0.4, -0.2) is 17.4 Å². The molecule has 0 radical (unpaired) electrons. The molecule has 4 nitrogen and oxygen atoms in total. The second-order valence-corrected chi connectivity index (χ2v) is 5.87. The first-order chi connectivity index (χ1) is 10.5. The smallest absolute Gasteiger partial charge is 0.256 e. The Bertz CT molecular complexity index is 620. The number of carbonyl (C=O) groups excluding carboxylic acids is 1. The van der Waals surface area contributed by atoms with Crippen LogP contribution in [0.4, 0.5) is 11.5 Å². The third-order valence-corrected chi connectivity index (χ3v) is 3.34. The molecule has 0 aliphatic heterocycles. The summed E-state index contributed by atoms with van der Waals surface area (Å²) in [5, 5.41) is 6.13. The third-order valence-electron chi connectivity index (χ3n) is 3.34. The van der Waals surface area contributed by atoms with E-state index in [-0.39, 0.29) is 5.91 Å². The molecule has 0 saturated heterocycles. The van der Waals surface area contributed by atoms with Gasteiger partial charge in [-0.2, -0.15) is 0 Å². The predicted octanol–water partition coefficient (Wildman–Crippen LogP) is 4.10. The molecular weight excluding hydrogens is 274 g/mol. The maximum Gasteiger partial charge on any atom is 0.256 e. The quantitative estimate of drug-likeness (QED) is 0.844. The van der Waals surface area contributed by atoms with E-state index in [2.05, 4.69) is 29.5 Å². The lowest BCUT2D eigenvalue weighted by atomic mass is 10.1. The molecule has 0 fully saturated rings. The zero-order valence-electron chi connectivity index (χ0n) is 13.4. The van der Waals surface area contributed by atoms with E-state index < -0.39 is 0 Å². The van der Waals surface area contributed by atoms with Crippen molar-refractivity contribution >= 4 is 17.4 Å². The van der Waals surface area contributed by atoms with Crippen molar-refractivity contribution in [2.24, 2.45) is 5.92 Å². The van der Waals surface area contributed by atoms with Crippen LogP contribution in [0, 0.1) is 12.8 Å². The Morgan fingerprint density at radius 2 is 2.05 bits per heavy atom. The number of pyridine rings is 1. The summed E-state index contributed by atoms with van der Waals surface area (Å²) < 4.78 is 0. The highest BCUT2D eigenvalue weighted by molar-refractivity contribution is 6.03. The van der Waals surface area contributed by atoms with E-state index in [4.69, 9.17) is 0 Å². The van der Waals surface area contributed by atoms with Crippen LogP contribution < -0.4 is 10.6 Å². The van der Waals surface area contributed by atoms with Gasteiger partial charge < -0.3 is 10.6 Å². The fourth-order valence-corrected chi connectivity index (χ4v) is 2.05. The van der Waals surface area contributed by atoms with Crippen molar-refractivity contribution in [3.63, 3.8) is 0 Å². The summed E-state index contributed by atoms with van der Waals surface area (Å²) in [6.45, 7) is 7.29. The van der Waals surface area contributed by atoms with E-state index in [0.29, 0.717) is 17.3 Å². The molecule has 1 amide bonds. The lowest BCUT2D eigenvalue weighted by Crippen LogP contribution is -2.13. The normalized spacial score (nSPS) is 10.5. The van der Waals surface area contributed by atoms with Crippen LogP contribution in [0.5, 0.6) is 0 Å². The number of benzene rings is 1. The number of hydrogen-bond acceptors (Lipinski definition) is 3. The maximum atomic E-state index is 12.1. The monoisotopic (exact) mass is 297 g/mol.